The van der Waals surface area contributed by atoms with E-state index in [4.69, 9.17) is 0 Å². The van der Waals surface area contributed by atoms with Crippen LogP contribution in [-0.4, -0.2) is 47.8 Å². The highest BCUT2D eigenvalue weighted by Gasteiger charge is 2.55. The van der Waals surface area contributed by atoms with Crippen molar-refractivity contribution in [3.05, 3.63) is 0 Å². The summed E-state index contributed by atoms with van der Waals surface area (Å²) >= 11 is 0. The van der Waals surface area contributed by atoms with Crippen LogP contribution in [0.2, 0.25) is 0 Å². The first-order chi connectivity index (χ1) is 6.23. The van der Waals surface area contributed by atoms with Gasteiger partial charge in [0.25, 0.3) is 0 Å². The Labute approximate surface area is 77.5 Å². The van der Waals surface area contributed by atoms with Gasteiger partial charge >= 0.3 is 5.97 Å². The minimum Gasteiger partial charge on any atom is -0.468 e. The molecule has 4 nitrogen and oxygen atoms in total. The Morgan fingerprint density at radius 2 is 2.38 bits per heavy atom. The van der Waals surface area contributed by atoms with Crippen molar-refractivity contribution in [2.75, 3.05) is 20.3 Å². The van der Waals surface area contributed by atoms with Crippen LogP contribution in [0.1, 0.15) is 19.3 Å². The Morgan fingerprint density at radius 3 is 2.69 bits per heavy atom. The molecule has 1 aliphatic heterocycles. The summed E-state index contributed by atoms with van der Waals surface area (Å²) in [5.41, 5.74) is -0.0723. The number of aliphatic hydroxyl groups excluding tert-OH is 1. The lowest BCUT2D eigenvalue weighted by Gasteiger charge is -2.44. The van der Waals surface area contributed by atoms with Gasteiger partial charge in [0.05, 0.1) is 13.7 Å². The molecule has 0 radical (unpaired) electrons. The van der Waals surface area contributed by atoms with E-state index in [-0.39, 0.29) is 24.2 Å². The normalized spacial score (nSPS) is 30.8. The molecule has 4 heteroatoms. The van der Waals surface area contributed by atoms with Crippen LogP contribution in [0.3, 0.4) is 0 Å². The number of rotatable bonds is 3. The van der Waals surface area contributed by atoms with E-state index < -0.39 is 0 Å². The molecular formula is C9H15NO3. The Morgan fingerprint density at radius 1 is 1.69 bits per heavy atom. The fraction of sp³-hybridized carbons (Fsp3) is 0.889. The van der Waals surface area contributed by atoms with E-state index in [1.165, 1.54) is 7.11 Å². The zero-order valence-electron chi connectivity index (χ0n) is 7.82. The average molecular weight is 185 g/mol. The second-order valence-corrected chi connectivity index (χ2v) is 3.90. The summed E-state index contributed by atoms with van der Waals surface area (Å²) in [4.78, 5) is 13.3. The number of carbonyl (C=O) groups excluding carboxylic acids is 1. The highest BCUT2D eigenvalue weighted by Crippen LogP contribution is 2.46. The molecule has 1 aliphatic carbocycles. The van der Waals surface area contributed by atoms with Crippen molar-refractivity contribution in [2.24, 2.45) is 0 Å². The predicted molar refractivity (Wildman–Crippen MR) is 46.2 cm³/mol. The Balaban J connectivity index is 1.98. The molecule has 13 heavy (non-hydrogen) atoms. The van der Waals surface area contributed by atoms with Gasteiger partial charge < -0.3 is 9.84 Å². The van der Waals surface area contributed by atoms with Crippen LogP contribution in [0.4, 0.5) is 0 Å². The molecule has 0 aromatic heterocycles. The zero-order valence-corrected chi connectivity index (χ0v) is 7.82. The fourth-order valence-corrected chi connectivity index (χ4v) is 2.02. The van der Waals surface area contributed by atoms with Crippen molar-refractivity contribution in [3.63, 3.8) is 0 Å². The monoisotopic (exact) mass is 185 g/mol. The van der Waals surface area contributed by atoms with Gasteiger partial charge in [0.1, 0.15) is 6.04 Å². The van der Waals surface area contributed by atoms with Crippen molar-refractivity contribution in [1.29, 1.82) is 0 Å². The second kappa shape index (κ2) is 2.96. The summed E-state index contributed by atoms with van der Waals surface area (Å²) in [6.45, 7) is 1.08. The maximum atomic E-state index is 11.2. The van der Waals surface area contributed by atoms with Crippen LogP contribution in [0, 0.1) is 0 Å². The molecule has 2 rings (SSSR count). The molecule has 0 aromatic carbocycles. The molecule has 1 saturated carbocycles. The molecule has 2 fully saturated rings. The van der Waals surface area contributed by atoms with Gasteiger partial charge in [-0.2, -0.15) is 0 Å². The fourth-order valence-electron chi connectivity index (χ4n) is 2.02. The number of ether oxygens (including phenoxy) is 1. The standard InChI is InChI=1S/C9H15NO3/c1-13-8(12)7-2-5-10(7)9(6-11)3-4-9/h7,11H,2-6H2,1H3. The van der Waals surface area contributed by atoms with Crippen molar-refractivity contribution < 1.29 is 14.6 Å². The molecule has 1 heterocycles. The summed E-state index contributed by atoms with van der Waals surface area (Å²) in [5.74, 6) is -0.161. The van der Waals surface area contributed by atoms with Gasteiger partial charge in [-0.05, 0) is 19.3 Å². The highest BCUT2D eigenvalue weighted by atomic mass is 16.5. The van der Waals surface area contributed by atoms with E-state index in [1.807, 2.05) is 0 Å². The zero-order chi connectivity index (χ0) is 9.47. The minimum absolute atomic E-state index is 0.0723. The summed E-state index contributed by atoms with van der Waals surface area (Å²) in [7, 11) is 1.41. The van der Waals surface area contributed by atoms with E-state index in [1.54, 1.807) is 0 Å². The molecule has 0 amide bonds. The Bertz CT molecular complexity index is 225. The molecule has 2 aliphatic rings. The second-order valence-electron chi connectivity index (χ2n) is 3.90. The third kappa shape index (κ3) is 1.25. The van der Waals surface area contributed by atoms with Crippen LogP contribution in [0.5, 0.6) is 0 Å². The van der Waals surface area contributed by atoms with Crippen LogP contribution in [0.15, 0.2) is 0 Å². The summed E-state index contributed by atoms with van der Waals surface area (Å²) < 4.78 is 4.69. The maximum Gasteiger partial charge on any atom is 0.323 e. The summed E-state index contributed by atoms with van der Waals surface area (Å²) in [6, 6.07) is -0.0975. The number of hydrogen-bond donors (Lipinski definition) is 1. The third-order valence-corrected chi connectivity index (χ3v) is 3.22. The number of aliphatic hydroxyl groups is 1. The quantitative estimate of drug-likeness (QED) is 0.616. The van der Waals surface area contributed by atoms with Crippen LogP contribution in [-0.2, 0) is 9.53 Å². The molecular weight excluding hydrogens is 170 g/mol. The summed E-state index contributed by atoms with van der Waals surface area (Å²) in [5, 5.41) is 9.17. The van der Waals surface area contributed by atoms with Crippen molar-refractivity contribution >= 4 is 5.97 Å². The third-order valence-electron chi connectivity index (χ3n) is 3.22. The molecule has 74 valence electrons. The number of hydrogen-bond acceptors (Lipinski definition) is 4. The van der Waals surface area contributed by atoms with Gasteiger partial charge in [-0.3, -0.25) is 9.69 Å². The number of methoxy groups -OCH3 is 1. The SMILES string of the molecule is COC(=O)C1CCN1C1(CO)CC1. The molecule has 0 spiro atoms. The van der Waals surface area contributed by atoms with Gasteiger partial charge in [-0.25, -0.2) is 0 Å². The van der Waals surface area contributed by atoms with Gasteiger partial charge in [0, 0.05) is 12.1 Å². The van der Waals surface area contributed by atoms with Crippen LogP contribution in [0.25, 0.3) is 0 Å². The van der Waals surface area contributed by atoms with Gasteiger partial charge in [0.15, 0.2) is 0 Å². The number of likely N-dealkylation sites (tertiary alicyclic amines) is 1. The van der Waals surface area contributed by atoms with Gasteiger partial charge in [-0.1, -0.05) is 0 Å². The van der Waals surface area contributed by atoms with Crippen LogP contribution < -0.4 is 0 Å². The number of nitrogens with zero attached hydrogens (tertiary/aromatic N) is 1. The number of esters is 1. The van der Waals surface area contributed by atoms with E-state index in [0.717, 1.165) is 25.8 Å². The highest BCUT2D eigenvalue weighted by molar-refractivity contribution is 5.77. The average Bonchev–Trinajstić information content (AvgIpc) is 2.83. The summed E-state index contributed by atoms with van der Waals surface area (Å²) in [6.07, 6.45) is 2.89. The molecule has 1 saturated heterocycles. The van der Waals surface area contributed by atoms with Crippen molar-refractivity contribution in [1.82, 2.24) is 4.90 Å². The first-order valence-electron chi connectivity index (χ1n) is 4.69. The predicted octanol–water partition coefficient (Wildman–Crippen LogP) is -0.241. The van der Waals surface area contributed by atoms with Gasteiger partial charge in [0.2, 0.25) is 0 Å². The lowest BCUT2D eigenvalue weighted by atomic mass is 9.99. The lowest BCUT2D eigenvalue weighted by molar-refractivity contribution is -0.155. The van der Waals surface area contributed by atoms with E-state index in [2.05, 4.69) is 9.64 Å². The number of carbonyl (C=O) groups is 1. The van der Waals surface area contributed by atoms with E-state index >= 15 is 0 Å². The minimum atomic E-state index is -0.161. The first-order valence-corrected chi connectivity index (χ1v) is 4.69. The Hall–Kier alpha value is -0.610. The smallest absolute Gasteiger partial charge is 0.323 e. The van der Waals surface area contributed by atoms with E-state index in [9.17, 15) is 9.90 Å². The molecule has 0 aromatic rings. The lowest BCUT2D eigenvalue weighted by Crippen LogP contribution is -2.59. The molecule has 1 atom stereocenters. The van der Waals surface area contributed by atoms with Crippen LogP contribution >= 0.6 is 0 Å². The van der Waals surface area contributed by atoms with Gasteiger partial charge in [-0.15, -0.1) is 0 Å². The largest absolute Gasteiger partial charge is 0.468 e. The molecule has 0 bridgehead atoms. The Kier molecular flexibility index (Phi) is 2.04. The molecule has 1 N–H and O–H groups in total. The maximum absolute atomic E-state index is 11.2. The van der Waals surface area contributed by atoms with E-state index in [0.29, 0.717) is 0 Å². The topological polar surface area (TPSA) is 49.8 Å². The first kappa shape index (κ1) is 8.97. The molecule has 1 unspecified atom stereocenters. The van der Waals surface area contributed by atoms with Crippen molar-refractivity contribution in [2.45, 2.75) is 30.8 Å². The van der Waals surface area contributed by atoms with Crippen molar-refractivity contribution in [3.8, 4) is 0 Å².